The smallest absolute Gasteiger partial charge is 0.307 e. The van der Waals surface area contributed by atoms with Crippen LogP contribution in [0.2, 0.25) is 5.02 Å². The number of carboxylic acid groups (broad SMARTS) is 1. The van der Waals surface area contributed by atoms with E-state index in [0.717, 1.165) is 0 Å². The second-order valence-corrected chi connectivity index (χ2v) is 7.06. The summed E-state index contributed by atoms with van der Waals surface area (Å²) >= 11 is 6.80. The predicted octanol–water partition coefficient (Wildman–Crippen LogP) is 4.62. The van der Waals surface area contributed by atoms with Gasteiger partial charge in [0, 0.05) is 11.1 Å². The Kier molecular flexibility index (Phi) is 4.72. The molecule has 136 valence electrons. The minimum Gasteiger partial charge on any atom is -0.506 e. The monoisotopic (exact) mass is 399 g/mol. The average Bonchev–Trinajstić information content (AvgIpc) is 3.15. The fourth-order valence-corrected chi connectivity index (χ4v) is 3.92. The summed E-state index contributed by atoms with van der Waals surface area (Å²) in [5, 5.41) is 19.2. The van der Waals surface area contributed by atoms with Gasteiger partial charge in [0.1, 0.15) is 5.75 Å². The number of aliphatic carboxylic acids is 1. The van der Waals surface area contributed by atoms with Gasteiger partial charge in [0.2, 0.25) is 0 Å². The van der Waals surface area contributed by atoms with Crippen molar-refractivity contribution in [2.45, 2.75) is 19.8 Å². The van der Waals surface area contributed by atoms with Crippen LogP contribution in [0.1, 0.15) is 32.2 Å². The van der Waals surface area contributed by atoms with Gasteiger partial charge in [0.15, 0.2) is 0 Å². The molecule has 9 heteroatoms. The van der Waals surface area contributed by atoms with Gasteiger partial charge in [0.05, 0.1) is 26.7 Å². The van der Waals surface area contributed by atoms with E-state index in [1.165, 1.54) is 28.8 Å². The Balaban J connectivity index is 2.25. The summed E-state index contributed by atoms with van der Waals surface area (Å²) in [4.78, 5) is 24.0. The third kappa shape index (κ3) is 2.95. The van der Waals surface area contributed by atoms with Gasteiger partial charge >= 0.3 is 5.97 Å². The van der Waals surface area contributed by atoms with Crippen molar-refractivity contribution in [2.75, 3.05) is 0 Å². The molecule has 26 heavy (non-hydrogen) atoms. The molecule has 3 aromatic rings. The lowest BCUT2D eigenvalue weighted by atomic mass is 10.1. The molecule has 0 unspecified atom stereocenters. The molecule has 0 saturated carbocycles. The van der Waals surface area contributed by atoms with Crippen molar-refractivity contribution < 1.29 is 28.6 Å². The number of aromatic nitrogens is 1. The Bertz CT molecular complexity index is 1040. The first-order valence-electron chi connectivity index (χ1n) is 7.38. The van der Waals surface area contributed by atoms with E-state index in [1.54, 1.807) is 6.92 Å². The SMILES string of the molecule is Cc1c(CC(=O)O)c2c(Cl)c(O)ccc2n1C(=O)c1ccc(C(F)F)s1. The van der Waals surface area contributed by atoms with Gasteiger partial charge in [-0.15, -0.1) is 11.3 Å². The summed E-state index contributed by atoms with van der Waals surface area (Å²) in [6.45, 7) is 1.55. The summed E-state index contributed by atoms with van der Waals surface area (Å²) < 4.78 is 26.8. The van der Waals surface area contributed by atoms with Gasteiger partial charge < -0.3 is 10.2 Å². The number of halogens is 3. The molecule has 0 spiro atoms. The van der Waals surface area contributed by atoms with E-state index in [1.807, 2.05) is 0 Å². The number of nitrogens with zero attached hydrogens (tertiary/aromatic N) is 1. The number of rotatable bonds is 4. The fraction of sp³-hybridized carbons (Fsp3) is 0.176. The van der Waals surface area contributed by atoms with Crippen molar-refractivity contribution in [1.82, 2.24) is 4.57 Å². The van der Waals surface area contributed by atoms with Crippen LogP contribution in [0, 0.1) is 6.92 Å². The molecule has 0 aliphatic rings. The maximum Gasteiger partial charge on any atom is 0.307 e. The molecular weight excluding hydrogens is 388 g/mol. The Morgan fingerprint density at radius 1 is 1.27 bits per heavy atom. The molecule has 0 atom stereocenters. The number of carboxylic acids is 1. The third-order valence-corrected chi connectivity index (χ3v) is 5.46. The van der Waals surface area contributed by atoms with Gasteiger partial charge in [-0.05, 0) is 36.8 Å². The van der Waals surface area contributed by atoms with Crippen molar-refractivity contribution in [3.8, 4) is 5.75 Å². The van der Waals surface area contributed by atoms with Crippen LogP contribution in [0.25, 0.3) is 10.9 Å². The standard InChI is InChI=1S/C17H12ClF2NO4S/c1-7-8(6-13(23)24)14-9(2-3-10(22)15(14)18)21(7)17(25)12-5-4-11(26-12)16(19)20/h2-5,16,22H,6H2,1H3,(H,23,24). The first-order chi connectivity index (χ1) is 12.2. The van der Waals surface area contributed by atoms with Crippen LogP contribution in [0.5, 0.6) is 5.75 Å². The van der Waals surface area contributed by atoms with E-state index in [0.29, 0.717) is 22.5 Å². The molecule has 0 fully saturated rings. The second-order valence-electron chi connectivity index (χ2n) is 5.57. The lowest BCUT2D eigenvalue weighted by Crippen LogP contribution is -2.12. The van der Waals surface area contributed by atoms with Crippen LogP contribution in [0.3, 0.4) is 0 Å². The lowest BCUT2D eigenvalue weighted by molar-refractivity contribution is -0.136. The molecule has 2 N–H and O–H groups in total. The van der Waals surface area contributed by atoms with E-state index >= 15 is 0 Å². The Morgan fingerprint density at radius 2 is 1.96 bits per heavy atom. The van der Waals surface area contributed by atoms with Crippen molar-refractivity contribution in [2.24, 2.45) is 0 Å². The van der Waals surface area contributed by atoms with E-state index in [9.17, 15) is 23.5 Å². The normalized spacial score (nSPS) is 11.4. The highest BCUT2D eigenvalue weighted by atomic mass is 35.5. The van der Waals surface area contributed by atoms with Gasteiger partial charge in [-0.1, -0.05) is 11.6 Å². The van der Waals surface area contributed by atoms with Crippen molar-refractivity contribution in [3.63, 3.8) is 0 Å². The van der Waals surface area contributed by atoms with Crippen LogP contribution in [0.15, 0.2) is 24.3 Å². The molecule has 2 aromatic heterocycles. The number of aromatic hydroxyl groups is 1. The van der Waals surface area contributed by atoms with Crippen LogP contribution >= 0.6 is 22.9 Å². The zero-order valence-corrected chi connectivity index (χ0v) is 14.9. The molecule has 3 rings (SSSR count). The lowest BCUT2D eigenvalue weighted by Gasteiger charge is -2.06. The topological polar surface area (TPSA) is 79.5 Å². The molecule has 0 amide bonds. The zero-order valence-electron chi connectivity index (χ0n) is 13.3. The molecule has 2 heterocycles. The molecule has 5 nitrogen and oxygen atoms in total. The quantitative estimate of drug-likeness (QED) is 0.670. The zero-order chi connectivity index (χ0) is 19.2. The van der Waals surface area contributed by atoms with Crippen LogP contribution in [-0.2, 0) is 11.2 Å². The number of hydrogen-bond acceptors (Lipinski definition) is 4. The first kappa shape index (κ1) is 18.3. The van der Waals surface area contributed by atoms with E-state index in [-0.39, 0.29) is 31.5 Å². The molecule has 0 radical (unpaired) electrons. The molecular formula is C17H12ClF2NO4S. The maximum atomic E-state index is 12.9. The summed E-state index contributed by atoms with van der Waals surface area (Å²) in [5.74, 6) is -1.94. The third-order valence-electron chi connectivity index (χ3n) is 4.00. The van der Waals surface area contributed by atoms with E-state index in [2.05, 4.69) is 0 Å². The Labute approximate surface area is 155 Å². The number of carbonyl (C=O) groups excluding carboxylic acids is 1. The van der Waals surface area contributed by atoms with Crippen LogP contribution in [0.4, 0.5) is 8.78 Å². The Morgan fingerprint density at radius 3 is 2.54 bits per heavy atom. The number of phenols is 1. The van der Waals surface area contributed by atoms with Gasteiger partial charge in [-0.25, -0.2) is 8.78 Å². The number of thiophene rings is 1. The number of phenolic OH excluding ortho intramolecular Hbond substituents is 1. The fourth-order valence-electron chi connectivity index (χ4n) is 2.85. The first-order valence-corrected chi connectivity index (χ1v) is 8.57. The maximum absolute atomic E-state index is 12.9. The summed E-state index contributed by atoms with van der Waals surface area (Å²) in [6.07, 6.45) is -3.09. The van der Waals surface area contributed by atoms with Crippen molar-refractivity contribution >= 4 is 45.7 Å². The number of hydrogen-bond donors (Lipinski definition) is 2. The molecule has 0 aliphatic carbocycles. The van der Waals surface area contributed by atoms with Gasteiger partial charge in [-0.3, -0.25) is 14.2 Å². The summed E-state index contributed by atoms with van der Waals surface area (Å²) in [7, 11) is 0. The number of alkyl halides is 2. The summed E-state index contributed by atoms with van der Waals surface area (Å²) in [5.41, 5.74) is 0.915. The largest absolute Gasteiger partial charge is 0.506 e. The predicted molar refractivity (Wildman–Crippen MR) is 93.7 cm³/mol. The minimum atomic E-state index is -2.68. The number of benzene rings is 1. The molecule has 0 bridgehead atoms. The number of fused-ring (bicyclic) bond motifs is 1. The Hall–Kier alpha value is -2.45. The van der Waals surface area contributed by atoms with Gasteiger partial charge in [0.25, 0.3) is 12.3 Å². The molecule has 0 aliphatic heterocycles. The van der Waals surface area contributed by atoms with E-state index in [4.69, 9.17) is 16.7 Å². The highest BCUT2D eigenvalue weighted by Gasteiger charge is 2.25. The highest BCUT2D eigenvalue weighted by molar-refractivity contribution is 7.14. The highest BCUT2D eigenvalue weighted by Crippen LogP contribution is 2.38. The van der Waals surface area contributed by atoms with Crippen molar-refractivity contribution in [1.29, 1.82) is 0 Å². The van der Waals surface area contributed by atoms with Crippen LogP contribution in [-0.4, -0.2) is 26.7 Å². The van der Waals surface area contributed by atoms with Crippen LogP contribution < -0.4 is 0 Å². The summed E-state index contributed by atoms with van der Waals surface area (Å²) in [6, 6.07) is 5.21. The van der Waals surface area contributed by atoms with Crippen molar-refractivity contribution in [3.05, 3.63) is 50.3 Å². The molecule has 0 saturated heterocycles. The average molecular weight is 400 g/mol. The van der Waals surface area contributed by atoms with E-state index < -0.39 is 24.7 Å². The molecule has 1 aromatic carbocycles. The minimum absolute atomic E-state index is 0.0622. The second kappa shape index (κ2) is 6.69. The number of carbonyl (C=O) groups is 2. The van der Waals surface area contributed by atoms with Gasteiger partial charge in [-0.2, -0.15) is 0 Å².